The number of hydrogen-bond donors (Lipinski definition) is 1. The van der Waals surface area contributed by atoms with Gasteiger partial charge in [-0.1, -0.05) is 12.1 Å². The number of fused-ring (bicyclic) bond motifs is 1. The molecular weight excluding hydrogens is 386 g/mol. The summed E-state index contributed by atoms with van der Waals surface area (Å²) < 4.78 is 28.7. The van der Waals surface area contributed by atoms with E-state index in [4.69, 9.17) is 5.73 Å². The number of hydrogen-bond acceptors (Lipinski definition) is 3. The topological polar surface area (TPSA) is 64.2 Å². The lowest BCUT2D eigenvalue weighted by atomic mass is 10.00. The van der Waals surface area contributed by atoms with Gasteiger partial charge in [0.05, 0.1) is 23.4 Å². The van der Waals surface area contributed by atoms with E-state index in [1.165, 1.54) is 24.3 Å². The number of rotatable bonds is 3. The molecule has 0 radical (unpaired) electrons. The molecule has 5 rings (SSSR count). The van der Waals surface area contributed by atoms with Gasteiger partial charge in [0.2, 0.25) is 5.91 Å². The van der Waals surface area contributed by atoms with Crippen molar-refractivity contribution in [3.05, 3.63) is 90.1 Å². The van der Waals surface area contributed by atoms with Gasteiger partial charge in [-0.25, -0.2) is 13.5 Å². The largest absolute Gasteiger partial charge is 0.325 e. The lowest BCUT2D eigenvalue weighted by molar-refractivity contribution is -0.117. The monoisotopic (exact) mass is 404 g/mol. The normalized spacial score (nSPS) is 19.0. The smallest absolute Gasteiger partial charge is 0.229 e. The zero-order valence-corrected chi connectivity index (χ0v) is 15.9. The second kappa shape index (κ2) is 7.03. The summed E-state index contributed by atoms with van der Waals surface area (Å²) in [7, 11) is 0. The predicted octanol–water partition coefficient (Wildman–Crippen LogP) is 4.11. The predicted molar refractivity (Wildman–Crippen MR) is 110 cm³/mol. The number of aromatic nitrogens is 2. The molecule has 1 fully saturated rings. The van der Waals surface area contributed by atoms with E-state index in [-0.39, 0.29) is 24.0 Å². The van der Waals surface area contributed by atoms with E-state index in [1.54, 1.807) is 40.0 Å². The molecular formula is C23H18F2N4O. The summed E-state index contributed by atoms with van der Waals surface area (Å²) >= 11 is 0. The van der Waals surface area contributed by atoms with Crippen LogP contribution in [0, 0.1) is 11.6 Å². The highest BCUT2D eigenvalue weighted by Gasteiger charge is 2.39. The van der Waals surface area contributed by atoms with Crippen LogP contribution in [-0.2, 0) is 4.79 Å². The van der Waals surface area contributed by atoms with Crippen molar-refractivity contribution in [3.8, 4) is 5.69 Å². The van der Waals surface area contributed by atoms with E-state index in [0.717, 1.165) is 16.6 Å². The summed E-state index contributed by atoms with van der Waals surface area (Å²) in [6, 6.07) is 16.9. The lowest BCUT2D eigenvalue weighted by Gasteiger charge is -2.27. The van der Waals surface area contributed by atoms with Gasteiger partial charge in [-0.2, -0.15) is 5.10 Å². The third kappa shape index (κ3) is 3.04. The Morgan fingerprint density at radius 2 is 1.70 bits per heavy atom. The van der Waals surface area contributed by atoms with E-state index in [1.807, 2.05) is 18.2 Å². The molecule has 2 heterocycles. The molecule has 0 bridgehead atoms. The second-order valence-electron chi connectivity index (χ2n) is 7.41. The van der Waals surface area contributed by atoms with Crippen LogP contribution in [0.4, 0.5) is 14.5 Å². The Morgan fingerprint density at radius 3 is 2.47 bits per heavy atom. The van der Waals surface area contributed by atoms with Crippen LogP contribution in [-0.4, -0.2) is 21.7 Å². The molecule has 1 aliphatic heterocycles. The molecule has 1 aliphatic rings. The summed E-state index contributed by atoms with van der Waals surface area (Å²) in [5, 5.41) is 5.22. The number of anilines is 1. The number of halogens is 2. The van der Waals surface area contributed by atoms with Gasteiger partial charge in [0.1, 0.15) is 11.6 Å². The SMILES string of the molecule is N[C@H]1CC(=O)N(c2ccc3c(cnn3-c3ccc(F)cc3)c2)[C@@H]1c1cccc(F)c1. The van der Waals surface area contributed by atoms with Crippen molar-refractivity contribution in [2.75, 3.05) is 4.90 Å². The highest BCUT2D eigenvalue weighted by molar-refractivity contribution is 5.99. The zero-order chi connectivity index (χ0) is 20.8. The van der Waals surface area contributed by atoms with Crippen LogP contribution >= 0.6 is 0 Å². The van der Waals surface area contributed by atoms with Crippen molar-refractivity contribution in [1.29, 1.82) is 0 Å². The van der Waals surface area contributed by atoms with Crippen molar-refractivity contribution in [2.45, 2.75) is 18.5 Å². The molecule has 1 amide bonds. The Kier molecular flexibility index (Phi) is 4.33. The second-order valence-corrected chi connectivity index (χ2v) is 7.41. The van der Waals surface area contributed by atoms with Gasteiger partial charge in [0, 0.05) is 23.5 Å². The number of carbonyl (C=O) groups excluding carboxylic acids is 1. The Balaban J connectivity index is 1.56. The molecule has 30 heavy (non-hydrogen) atoms. The van der Waals surface area contributed by atoms with Crippen molar-refractivity contribution in [1.82, 2.24) is 9.78 Å². The summed E-state index contributed by atoms with van der Waals surface area (Å²) in [6.45, 7) is 0. The Labute approximate surface area is 171 Å². The lowest BCUT2D eigenvalue weighted by Crippen LogP contribution is -2.33. The highest BCUT2D eigenvalue weighted by atomic mass is 19.1. The van der Waals surface area contributed by atoms with E-state index in [0.29, 0.717) is 11.3 Å². The fourth-order valence-corrected chi connectivity index (χ4v) is 4.11. The minimum atomic E-state index is -0.446. The first kappa shape index (κ1) is 18.4. The maximum atomic E-state index is 13.8. The molecule has 1 aromatic heterocycles. The molecule has 0 unspecified atom stereocenters. The molecule has 1 saturated heterocycles. The molecule has 3 aromatic carbocycles. The Hall–Kier alpha value is -3.58. The molecule has 5 nitrogen and oxygen atoms in total. The number of carbonyl (C=O) groups is 1. The highest BCUT2D eigenvalue weighted by Crippen LogP contribution is 2.37. The van der Waals surface area contributed by atoms with Gasteiger partial charge in [-0.3, -0.25) is 4.79 Å². The van der Waals surface area contributed by atoms with E-state index in [9.17, 15) is 13.6 Å². The van der Waals surface area contributed by atoms with E-state index >= 15 is 0 Å². The van der Waals surface area contributed by atoms with Gasteiger partial charge in [-0.15, -0.1) is 0 Å². The first-order chi connectivity index (χ1) is 14.5. The van der Waals surface area contributed by atoms with Gasteiger partial charge >= 0.3 is 0 Å². The van der Waals surface area contributed by atoms with Crippen LogP contribution in [0.5, 0.6) is 0 Å². The third-order valence-corrected chi connectivity index (χ3v) is 5.45. The molecule has 0 spiro atoms. The summed E-state index contributed by atoms with van der Waals surface area (Å²) in [5.41, 5.74) is 9.14. The molecule has 7 heteroatoms. The average molecular weight is 404 g/mol. The van der Waals surface area contributed by atoms with E-state index < -0.39 is 12.1 Å². The van der Waals surface area contributed by atoms with Gasteiger partial charge in [-0.05, 0) is 60.2 Å². The number of nitrogens with two attached hydrogens (primary N) is 1. The molecule has 4 aromatic rings. The fourth-order valence-electron chi connectivity index (χ4n) is 4.11. The maximum Gasteiger partial charge on any atom is 0.229 e. The Bertz CT molecular complexity index is 1250. The average Bonchev–Trinajstić information content (AvgIpc) is 3.28. The molecule has 2 atom stereocenters. The van der Waals surface area contributed by atoms with Crippen LogP contribution in [0.2, 0.25) is 0 Å². The zero-order valence-electron chi connectivity index (χ0n) is 15.9. The standard InChI is InChI=1S/C23H18F2N4O/c24-16-4-6-18(7-5-16)29-21-9-8-19(11-15(21)13-27-29)28-22(30)12-20(26)23(28)14-2-1-3-17(25)10-14/h1-11,13,20,23H,12,26H2/t20-,23+/m0/s1. The fraction of sp³-hybridized carbons (Fsp3) is 0.130. The number of benzene rings is 3. The van der Waals surface area contributed by atoms with E-state index in [2.05, 4.69) is 5.10 Å². The number of amides is 1. The molecule has 150 valence electrons. The molecule has 0 saturated carbocycles. The van der Waals surface area contributed by atoms with Crippen molar-refractivity contribution >= 4 is 22.5 Å². The van der Waals surface area contributed by atoms with Gasteiger partial charge in [0.25, 0.3) is 0 Å². The minimum absolute atomic E-state index is 0.109. The Morgan fingerprint density at radius 1 is 0.933 bits per heavy atom. The van der Waals surface area contributed by atoms with Gasteiger partial charge < -0.3 is 10.6 Å². The minimum Gasteiger partial charge on any atom is -0.325 e. The number of nitrogens with zero attached hydrogens (tertiary/aromatic N) is 3. The summed E-state index contributed by atoms with van der Waals surface area (Å²) in [4.78, 5) is 14.4. The van der Waals surface area contributed by atoms with Crippen LogP contribution in [0.15, 0.2) is 72.9 Å². The van der Waals surface area contributed by atoms with Crippen LogP contribution < -0.4 is 10.6 Å². The van der Waals surface area contributed by atoms with Crippen molar-refractivity contribution in [3.63, 3.8) is 0 Å². The van der Waals surface area contributed by atoms with Gasteiger partial charge in [0.15, 0.2) is 0 Å². The quantitative estimate of drug-likeness (QED) is 0.559. The molecule has 0 aliphatic carbocycles. The maximum absolute atomic E-state index is 13.8. The van der Waals surface area contributed by atoms with Crippen LogP contribution in [0.3, 0.4) is 0 Å². The van der Waals surface area contributed by atoms with Crippen LogP contribution in [0.1, 0.15) is 18.0 Å². The summed E-state index contributed by atoms with van der Waals surface area (Å²) in [5.74, 6) is -0.790. The third-order valence-electron chi connectivity index (χ3n) is 5.45. The van der Waals surface area contributed by atoms with Crippen molar-refractivity contribution < 1.29 is 13.6 Å². The molecule has 2 N–H and O–H groups in total. The first-order valence-corrected chi connectivity index (χ1v) is 9.58. The first-order valence-electron chi connectivity index (χ1n) is 9.58. The van der Waals surface area contributed by atoms with Crippen LogP contribution in [0.25, 0.3) is 16.6 Å². The summed E-state index contributed by atoms with van der Waals surface area (Å²) in [6.07, 6.45) is 1.88. The van der Waals surface area contributed by atoms with Crippen molar-refractivity contribution in [2.24, 2.45) is 5.73 Å².